The average molecular weight is 275 g/mol. The van der Waals surface area contributed by atoms with Gasteiger partial charge in [-0.3, -0.25) is 0 Å². The summed E-state index contributed by atoms with van der Waals surface area (Å²) < 4.78 is 3.26. The fourth-order valence-electron chi connectivity index (χ4n) is 1.16. The van der Waals surface area contributed by atoms with E-state index in [0.29, 0.717) is 0 Å². The van der Waals surface area contributed by atoms with Crippen molar-refractivity contribution in [3.05, 3.63) is 16.6 Å². The van der Waals surface area contributed by atoms with E-state index < -0.39 is 0 Å². The molecule has 2 heterocycles. The largest absolute Gasteiger partial charge is 0.320 e. The second-order valence-electron chi connectivity index (χ2n) is 2.33. The molecule has 1 N–H and O–H groups in total. The third kappa shape index (κ3) is 2.13. The topological polar surface area (TPSA) is 29.9 Å². The molecule has 0 saturated carbocycles. The zero-order chi connectivity index (χ0) is 6.97. The van der Waals surface area contributed by atoms with Gasteiger partial charge >= 0.3 is 0 Å². The van der Waals surface area contributed by atoms with Crippen LogP contribution in [-0.4, -0.2) is 16.1 Å². The van der Waals surface area contributed by atoms with Gasteiger partial charge in [-0.1, -0.05) is 0 Å². The Morgan fingerprint density at radius 1 is 1.50 bits per heavy atom. The van der Waals surface area contributed by atoms with E-state index in [9.17, 15) is 0 Å². The number of nitrogens with one attached hydrogen (secondary N) is 1. The maximum atomic E-state index is 4.21. The standard InChI is InChI=1S/C6H8BrN3.2ClH/c7-5-3-9-6-4-8-1-2-10(5)6;;/h3,8H,1-2,4H2;2*1H. The Morgan fingerprint density at radius 2 is 2.25 bits per heavy atom. The number of rotatable bonds is 0. The van der Waals surface area contributed by atoms with E-state index >= 15 is 0 Å². The van der Waals surface area contributed by atoms with Gasteiger partial charge < -0.3 is 9.88 Å². The lowest BCUT2D eigenvalue weighted by Crippen LogP contribution is -2.28. The summed E-state index contributed by atoms with van der Waals surface area (Å²) in [6, 6.07) is 0. The molecule has 0 saturated heterocycles. The van der Waals surface area contributed by atoms with E-state index in [-0.39, 0.29) is 24.8 Å². The quantitative estimate of drug-likeness (QED) is 0.779. The minimum absolute atomic E-state index is 0. The number of aromatic nitrogens is 2. The van der Waals surface area contributed by atoms with E-state index in [1.165, 1.54) is 0 Å². The Labute approximate surface area is 91.9 Å². The Bertz CT molecular complexity index is 251. The van der Waals surface area contributed by atoms with Crippen LogP contribution in [0.3, 0.4) is 0 Å². The minimum Gasteiger partial charge on any atom is -0.320 e. The van der Waals surface area contributed by atoms with Gasteiger partial charge in [0.25, 0.3) is 0 Å². The molecule has 0 unspecified atom stereocenters. The Morgan fingerprint density at radius 3 is 2.92 bits per heavy atom. The zero-order valence-corrected chi connectivity index (χ0v) is 9.51. The third-order valence-electron chi connectivity index (χ3n) is 1.68. The molecule has 2 rings (SSSR count). The first-order chi connectivity index (χ1) is 4.88. The van der Waals surface area contributed by atoms with Crippen molar-refractivity contribution in [2.24, 2.45) is 0 Å². The molecule has 12 heavy (non-hydrogen) atoms. The molecule has 1 aliphatic rings. The van der Waals surface area contributed by atoms with Crippen LogP contribution < -0.4 is 5.32 Å². The summed E-state index contributed by atoms with van der Waals surface area (Å²) in [5.74, 6) is 1.12. The predicted molar refractivity (Wildman–Crippen MR) is 56.1 cm³/mol. The van der Waals surface area contributed by atoms with Crippen LogP contribution in [-0.2, 0) is 13.1 Å². The number of hydrogen-bond acceptors (Lipinski definition) is 2. The van der Waals surface area contributed by atoms with Crippen LogP contribution in [0.5, 0.6) is 0 Å². The van der Waals surface area contributed by atoms with E-state index in [1.54, 1.807) is 0 Å². The smallest absolute Gasteiger partial charge is 0.123 e. The molecule has 0 bridgehead atoms. The zero-order valence-electron chi connectivity index (χ0n) is 6.29. The Balaban J connectivity index is 0.000000605. The molecule has 0 fully saturated rings. The number of fused-ring (bicyclic) bond motifs is 1. The minimum atomic E-state index is 0. The van der Waals surface area contributed by atoms with Crippen molar-refractivity contribution in [3.8, 4) is 0 Å². The highest BCUT2D eigenvalue weighted by molar-refractivity contribution is 9.10. The van der Waals surface area contributed by atoms with Crippen molar-refractivity contribution in [2.75, 3.05) is 6.54 Å². The van der Waals surface area contributed by atoms with E-state index in [4.69, 9.17) is 0 Å². The van der Waals surface area contributed by atoms with Gasteiger partial charge in [0.15, 0.2) is 0 Å². The highest BCUT2D eigenvalue weighted by Crippen LogP contribution is 2.13. The van der Waals surface area contributed by atoms with E-state index in [2.05, 4.69) is 30.8 Å². The third-order valence-corrected chi connectivity index (χ3v) is 2.32. The lowest BCUT2D eigenvalue weighted by molar-refractivity contribution is 0.500. The van der Waals surface area contributed by atoms with Crippen LogP contribution in [0.2, 0.25) is 0 Å². The van der Waals surface area contributed by atoms with Gasteiger partial charge in [0.2, 0.25) is 0 Å². The molecule has 6 heteroatoms. The van der Waals surface area contributed by atoms with Gasteiger partial charge in [-0.2, -0.15) is 0 Å². The van der Waals surface area contributed by atoms with Crippen LogP contribution in [0.1, 0.15) is 5.82 Å². The second-order valence-corrected chi connectivity index (χ2v) is 3.14. The number of nitrogens with zero attached hydrogens (tertiary/aromatic N) is 2. The van der Waals surface area contributed by atoms with Crippen molar-refractivity contribution < 1.29 is 0 Å². The van der Waals surface area contributed by atoms with Crippen LogP contribution in [0, 0.1) is 0 Å². The maximum absolute atomic E-state index is 4.21. The molecule has 0 amide bonds. The fourth-order valence-corrected chi connectivity index (χ4v) is 1.64. The molecule has 3 nitrogen and oxygen atoms in total. The van der Waals surface area contributed by atoms with Crippen molar-refractivity contribution in [2.45, 2.75) is 13.1 Å². The summed E-state index contributed by atoms with van der Waals surface area (Å²) in [4.78, 5) is 4.21. The molecule has 0 radical (unpaired) electrons. The molecular formula is C6H10BrCl2N3. The molecule has 1 aromatic heterocycles. The van der Waals surface area contributed by atoms with E-state index in [0.717, 1.165) is 30.1 Å². The summed E-state index contributed by atoms with van der Waals surface area (Å²) in [6.45, 7) is 2.96. The first-order valence-corrected chi connectivity index (χ1v) is 4.08. The maximum Gasteiger partial charge on any atom is 0.123 e. The lowest BCUT2D eigenvalue weighted by atomic mass is 10.4. The van der Waals surface area contributed by atoms with Gasteiger partial charge in [0, 0.05) is 13.1 Å². The highest BCUT2D eigenvalue weighted by atomic mass is 79.9. The van der Waals surface area contributed by atoms with Gasteiger partial charge in [-0.05, 0) is 15.9 Å². The van der Waals surface area contributed by atoms with Crippen molar-refractivity contribution >= 4 is 40.7 Å². The summed E-state index contributed by atoms with van der Waals surface area (Å²) in [7, 11) is 0. The summed E-state index contributed by atoms with van der Waals surface area (Å²) in [5.41, 5.74) is 0. The van der Waals surface area contributed by atoms with Crippen molar-refractivity contribution in [3.63, 3.8) is 0 Å². The molecule has 0 spiro atoms. The average Bonchev–Trinajstić information content (AvgIpc) is 2.34. The van der Waals surface area contributed by atoms with Gasteiger partial charge in [-0.15, -0.1) is 24.8 Å². The molecule has 70 valence electrons. The van der Waals surface area contributed by atoms with Crippen LogP contribution in [0.15, 0.2) is 10.8 Å². The van der Waals surface area contributed by atoms with Gasteiger partial charge in [0.05, 0.1) is 12.7 Å². The number of imidazole rings is 1. The molecule has 1 aromatic rings. The summed E-state index contributed by atoms with van der Waals surface area (Å²) in [5, 5.41) is 3.25. The van der Waals surface area contributed by atoms with Crippen LogP contribution in [0.4, 0.5) is 0 Å². The normalized spacial score (nSPS) is 14.1. The first kappa shape index (κ1) is 12.2. The number of hydrogen-bond donors (Lipinski definition) is 1. The van der Waals surface area contributed by atoms with Gasteiger partial charge in [0.1, 0.15) is 10.4 Å². The summed E-state index contributed by atoms with van der Waals surface area (Å²) in [6.07, 6.45) is 1.85. The molecule has 0 aromatic carbocycles. The fraction of sp³-hybridized carbons (Fsp3) is 0.500. The molecule has 1 aliphatic heterocycles. The second kappa shape index (κ2) is 5.07. The monoisotopic (exact) mass is 273 g/mol. The Kier molecular flexibility index (Phi) is 5.16. The summed E-state index contributed by atoms with van der Waals surface area (Å²) >= 11 is 3.42. The SMILES string of the molecule is Brc1cnc2n1CCNC2.Cl.Cl. The molecule has 0 aliphatic carbocycles. The molecule has 0 atom stereocenters. The Hall–Kier alpha value is 0.230. The van der Waals surface area contributed by atoms with Crippen molar-refractivity contribution in [1.29, 1.82) is 0 Å². The van der Waals surface area contributed by atoms with Gasteiger partial charge in [-0.25, -0.2) is 4.98 Å². The van der Waals surface area contributed by atoms with Crippen LogP contribution >= 0.6 is 40.7 Å². The highest BCUT2D eigenvalue weighted by Gasteiger charge is 2.10. The van der Waals surface area contributed by atoms with Crippen LogP contribution in [0.25, 0.3) is 0 Å². The molecular weight excluding hydrogens is 265 g/mol. The first-order valence-electron chi connectivity index (χ1n) is 3.28. The predicted octanol–water partition coefficient (Wildman–Crippen LogP) is 1.59. The number of halogens is 3. The lowest BCUT2D eigenvalue weighted by Gasteiger charge is -2.15. The van der Waals surface area contributed by atoms with Crippen molar-refractivity contribution in [1.82, 2.24) is 14.9 Å². The van der Waals surface area contributed by atoms with E-state index in [1.807, 2.05) is 6.20 Å².